The van der Waals surface area contributed by atoms with Gasteiger partial charge in [0.2, 0.25) is 5.91 Å². The Morgan fingerprint density at radius 1 is 1.29 bits per heavy atom. The molecule has 0 saturated heterocycles. The number of aromatic nitrogens is 3. The fraction of sp³-hybridized carbons (Fsp3) is 0.200. The molecule has 0 fully saturated rings. The highest BCUT2D eigenvalue weighted by atomic mass is 32.1. The average Bonchev–Trinajstić information content (AvgIpc) is 3.51. The number of pyridine rings is 1. The van der Waals surface area contributed by atoms with Crippen molar-refractivity contribution in [3.8, 4) is 10.4 Å². The van der Waals surface area contributed by atoms with Gasteiger partial charge in [0.05, 0.1) is 10.6 Å². The third-order valence-electron chi connectivity index (χ3n) is 4.96. The summed E-state index contributed by atoms with van der Waals surface area (Å²) < 4.78 is 28.2. The van der Waals surface area contributed by atoms with Crippen molar-refractivity contribution in [3.05, 3.63) is 56.2 Å². The number of hydrogen-bond donors (Lipinski definition) is 2. The average molecular weight is 507 g/mol. The number of aryl methyl sites for hydroxylation is 1. The van der Waals surface area contributed by atoms with Gasteiger partial charge in [-0.2, -0.15) is 5.10 Å². The number of nitrogens with zero attached hydrogens (tertiary/aromatic N) is 4. The number of fused-ring (bicyclic) bond motifs is 1. The molecule has 2 amide bonds. The van der Waals surface area contributed by atoms with Gasteiger partial charge in [-0.1, -0.05) is 0 Å². The molecule has 0 aromatic carbocycles. The lowest BCUT2D eigenvalue weighted by Gasteiger charge is -2.14. The van der Waals surface area contributed by atoms with Crippen molar-refractivity contribution in [2.45, 2.75) is 26.3 Å². The molecule has 0 radical (unpaired) electrons. The Labute approximate surface area is 198 Å². The molecule has 4 heterocycles. The third kappa shape index (κ3) is 4.24. The number of carbonyl (C=O) groups is 2. The molecule has 1 atom stereocenters. The topological polar surface area (TPSA) is 146 Å². The number of carbonyl (C=O) groups excluding carboxylic acids is 2. The number of halogens is 2. The van der Waals surface area contributed by atoms with Gasteiger partial charge < -0.3 is 11.1 Å². The van der Waals surface area contributed by atoms with Gasteiger partial charge in [-0.05, 0) is 32.0 Å². The third-order valence-corrected chi connectivity index (χ3v) is 7.09. The van der Waals surface area contributed by atoms with Crippen molar-refractivity contribution in [1.29, 1.82) is 0 Å². The molecule has 0 saturated carbocycles. The lowest BCUT2D eigenvalue weighted by molar-refractivity contribution is -0.385. The highest BCUT2D eigenvalue weighted by molar-refractivity contribution is 7.21. The van der Waals surface area contributed by atoms with E-state index in [9.17, 15) is 28.5 Å². The van der Waals surface area contributed by atoms with E-state index in [1.807, 2.05) is 13.0 Å². The lowest BCUT2D eigenvalue weighted by Crippen LogP contribution is -2.25. The molecule has 4 aromatic heterocycles. The maximum atomic E-state index is 13.6. The van der Waals surface area contributed by atoms with Crippen LogP contribution in [0.2, 0.25) is 0 Å². The van der Waals surface area contributed by atoms with E-state index in [4.69, 9.17) is 5.73 Å². The van der Waals surface area contributed by atoms with Crippen LogP contribution >= 0.6 is 22.7 Å². The van der Waals surface area contributed by atoms with Gasteiger partial charge in [0.25, 0.3) is 12.3 Å². The summed E-state index contributed by atoms with van der Waals surface area (Å²) >= 11 is 2.15. The fourth-order valence-electron chi connectivity index (χ4n) is 3.28. The number of thiophene rings is 2. The molecule has 0 spiro atoms. The highest BCUT2D eigenvalue weighted by Gasteiger charge is 2.27. The summed E-state index contributed by atoms with van der Waals surface area (Å²) in [6, 6.07) is 3.81. The molecule has 0 bridgehead atoms. The van der Waals surface area contributed by atoms with Gasteiger partial charge in [-0.3, -0.25) is 24.4 Å². The summed E-state index contributed by atoms with van der Waals surface area (Å²) in [7, 11) is 0. The molecule has 4 aromatic rings. The Kier molecular flexibility index (Phi) is 6.10. The molecular formula is C20H16F2N6O4S2. The number of alkyl halides is 2. The van der Waals surface area contributed by atoms with E-state index >= 15 is 0 Å². The van der Waals surface area contributed by atoms with E-state index in [0.717, 1.165) is 33.3 Å². The number of amides is 2. The van der Waals surface area contributed by atoms with E-state index in [0.29, 0.717) is 15.8 Å². The zero-order valence-corrected chi connectivity index (χ0v) is 19.2. The van der Waals surface area contributed by atoms with Crippen LogP contribution in [0.3, 0.4) is 0 Å². The van der Waals surface area contributed by atoms with Crippen molar-refractivity contribution >= 4 is 56.1 Å². The Hall–Kier alpha value is -3.78. The predicted octanol–water partition coefficient (Wildman–Crippen LogP) is 4.67. The second-order valence-corrected chi connectivity index (χ2v) is 9.54. The summed E-state index contributed by atoms with van der Waals surface area (Å²) in [6.45, 7) is 3.32. The highest BCUT2D eigenvalue weighted by Crippen LogP contribution is 2.44. The van der Waals surface area contributed by atoms with Crippen LogP contribution in [0.15, 0.2) is 30.6 Å². The first-order valence-electron chi connectivity index (χ1n) is 9.68. The minimum Gasteiger partial charge on any atom is -0.365 e. The number of nitrogens with one attached hydrogen (secondary N) is 1. The van der Waals surface area contributed by atoms with Crippen LogP contribution in [0.25, 0.3) is 20.7 Å². The van der Waals surface area contributed by atoms with Gasteiger partial charge >= 0.3 is 5.69 Å². The van der Waals surface area contributed by atoms with Crippen LogP contribution in [-0.2, 0) is 4.79 Å². The normalized spacial score (nSPS) is 12.3. The molecule has 1 unspecified atom stereocenters. The molecule has 0 aliphatic carbocycles. The van der Waals surface area contributed by atoms with E-state index in [2.05, 4.69) is 15.4 Å². The van der Waals surface area contributed by atoms with Crippen LogP contribution in [0.4, 0.5) is 20.2 Å². The zero-order valence-electron chi connectivity index (χ0n) is 17.6. The monoisotopic (exact) mass is 506 g/mol. The Bertz CT molecular complexity index is 1440. The Balaban J connectivity index is 1.85. The molecule has 3 N–H and O–H groups in total. The van der Waals surface area contributed by atoms with Crippen molar-refractivity contribution < 1.29 is 23.3 Å². The van der Waals surface area contributed by atoms with Crippen LogP contribution in [0, 0.1) is 17.0 Å². The number of rotatable bonds is 7. The number of hydrogen-bond acceptors (Lipinski definition) is 8. The number of primary amides is 1. The minimum atomic E-state index is -2.85. The molecular weight excluding hydrogens is 490 g/mol. The van der Waals surface area contributed by atoms with E-state index in [1.54, 1.807) is 6.07 Å². The standard InChI is InChI=1S/C20H16F2N6O4S2/c1-8-3-4-13(33-8)11-5-12(17(21)22)25-20-14(11)15(16(34-20)18(23)29)26-19(30)9(2)27-7-10(6-24-27)28(31)32/h3-7,9,17H,1-2H3,(H2,23,29)(H,26,30). The number of nitrogens with two attached hydrogens (primary N) is 1. The van der Waals surface area contributed by atoms with Gasteiger partial charge in [-0.25, -0.2) is 13.8 Å². The SMILES string of the molecule is Cc1ccc(-c2cc(C(F)F)nc3sc(C(N)=O)c(NC(=O)C(C)n4cc([N+](=O)[O-])cn4)c23)s1. The second-order valence-electron chi connectivity index (χ2n) is 7.26. The maximum Gasteiger partial charge on any atom is 0.307 e. The first kappa shape index (κ1) is 23.4. The summed E-state index contributed by atoms with van der Waals surface area (Å²) in [5.41, 5.74) is 5.17. The van der Waals surface area contributed by atoms with E-state index in [-0.39, 0.29) is 21.1 Å². The molecule has 0 aliphatic heterocycles. The molecule has 4 rings (SSSR count). The van der Waals surface area contributed by atoms with Crippen molar-refractivity contribution in [2.24, 2.45) is 5.73 Å². The van der Waals surface area contributed by atoms with Crippen LogP contribution < -0.4 is 11.1 Å². The Morgan fingerprint density at radius 3 is 2.59 bits per heavy atom. The van der Waals surface area contributed by atoms with Gasteiger partial charge in [-0.15, -0.1) is 22.7 Å². The molecule has 14 heteroatoms. The van der Waals surface area contributed by atoms with E-state index < -0.39 is 34.9 Å². The van der Waals surface area contributed by atoms with Crippen LogP contribution in [-0.4, -0.2) is 31.5 Å². The lowest BCUT2D eigenvalue weighted by atomic mass is 10.1. The van der Waals surface area contributed by atoms with Crippen molar-refractivity contribution in [1.82, 2.24) is 14.8 Å². The second kappa shape index (κ2) is 8.87. The smallest absolute Gasteiger partial charge is 0.307 e. The summed E-state index contributed by atoms with van der Waals surface area (Å²) in [6.07, 6.45) is -0.746. The Morgan fingerprint density at radius 2 is 2.03 bits per heavy atom. The first-order chi connectivity index (χ1) is 16.1. The van der Waals surface area contributed by atoms with Crippen molar-refractivity contribution in [2.75, 3.05) is 5.32 Å². The molecule has 10 nitrogen and oxygen atoms in total. The molecule has 0 aliphatic rings. The summed E-state index contributed by atoms with van der Waals surface area (Å²) in [5.74, 6) is -1.51. The minimum absolute atomic E-state index is 0.0420. The fourth-order valence-corrected chi connectivity index (χ4v) is 5.18. The van der Waals surface area contributed by atoms with Gasteiger partial charge in [0.1, 0.15) is 33.8 Å². The number of anilines is 1. The summed E-state index contributed by atoms with van der Waals surface area (Å²) in [4.78, 5) is 41.1. The van der Waals surface area contributed by atoms with Crippen molar-refractivity contribution in [3.63, 3.8) is 0 Å². The maximum absolute atomic E-state index is 13.6. The van der Waals surface area contributed by atoms with Gasteiger partial charge in [0.15, 0.2) is 0 Å². The number of nitro groups is 1. The first-order valence-corrected chi connectivity index (χ1v) is 11.3. The van der Waals surface area contributed by atoms with Gasteiger partial charge in [0, 0.05) is 20.7 Å². The summed E-state index contributed by atoms with van der Waals surface area (Å²) in [5, 5.41) is 17.7. The largest absolute Gasteiger partial charge is 0.365 e. The quantitative estimate of drug-likeness (QED) is 0.275. The zero-order chi connectivity index (χ0) is 24.7. The van der Waals surface area contributed by atoms with Crippen LogP contribution in [0.1, 0.15) is 39.6 Å². The van der Waals surface area contributed by atoms with E-state index in [1.165, 1.54) is 24.3 Å². The van der Waals surface area contributed by atoms with Crippen LogP contribution in [0.5, 0.6) is 0 Å². The predicted molar refractivity (Wildman–Crippen MR) is 123 cm³/mol. The molecule has 176 valence electrons. The molecule has 34 heavy (non-hydrogen) atoms.